The Kier molecular flexibility index (Phi) is 4.69. The minimum Gasteiger partial charge on any atom is -0.489 e. The van der Waals surface area contributed by atoms with E-state index in [0.717, 1.165) is 0 Å². The number of carbonyl (C=O) groups is 1. The van der Waals surface area contributed by atoms with E-state index >= 15 is 0 Å². The second-order valence-electron chi connectivity index (χ2n) is 6.86. The Morgan fingerprint density at radius 2 is 1.68 bits per heavy atom. The van der Waals surface area contributed by atoms with Gasteiger partial charge in [0.15, 0.2) is 5.78 Å². The lowest BCUT2D eigenvalue weighted by molar-refractivity contribution is 0.0680. The van der Waals surface area contributed by atoms with Gasteiger partial charge in [-0.1, -0.05) is 39.0 Å². The second kappa shape index (κ2) is 6.64. The number of ether oxygens (including phenoxy) is 1. The number of hydrogen-bond acceptors (Lipinski definition) is 4. The molecule has 0 saturated carbocycles. The monoisotopic (exact) mass is 358 g/mol. The molecule has 0 spiro atoms. The summed E-state index contributed by atoms with van der Waals surface area (Å²) in [5.41, 5.74) is 0.458. The predicted octanol–water partition coefficient (Wildman–Crippen LogP) is 4.15. The first-order chi connectivity index (χ1) is 11.8. The van der Waals surface area contributed by atoms with Crippen LogP contribution in [0, 0.1) is 11.8 Å². The zero-order valence-corrected chi connectivity index (χ0v) is 15.4. The third-order valence-corrected chi connectivity index (χ3v) is 6.69. The Morgan fingerprint density at radius 3 is 2.32 bits per heavy atom. The standard InChI is InChI=1S/C20H22O4S/c1-13(2)14(3)19-12-18(21)17-10-9-16(11-20(17)24-19)25(22,23)15-7-5-4-6-8-15/h4-11,13-14,19H,12H2,1-3H3. The number of Topliss-reactive ketones (excluding diaryl/α,β-unsaturated/α-hetero) is 1. The van der Waals surface area contributed by atoms with Crippen LogP contribution >= 0.6 is 0 Å². The molecule has 2 aromatic rings. The number of carbonyl (C=O) groups excluding carboxylic acids is 1. The van der Waals surface area contributed by atoms with Crippen LogP contribution in [0.3, 0.4) is 0 Å². The molecule has 1 heterocycles. The SMILES string of the molecule is CC(C)C(C)C1CC(=O)c2ccc(S(=O)(=O)c3ccccc3)cc2O1. The van der Waals surface area contributed by atoms with Crippen LogP contribution in [-0.2, 0) is 9.84 Å². The molecule has 1 aliphatic rings. The van der Waals surface area contributed by atoms with Gasteiger partial charge in [0, 0.05) is 6.42 Å². The number of hydrogen-bond donors (Lipinski definition) is 0. The lowest BCUT2D eigenvalue weighted by atomic mass is 9.86. The van der Waals surface area contributed by atoms with Gasteiger partial charge in [-0.15, -0.1) is 0 Å². The van der Waals surface area contributed by atoms with E-state index in [1.165, 1.54) is 12.1 Å². The zero-order chi connectivity index (χ0) is 18.2. The molecule has 2 unspecified atom stereocenters. The van der Waals surface area contributed by atoms with Gasteiger partial charge in [0.1, 0.15) is 11.9 Å². The highest BCUT2D eigenvalue weighted by Crippen LogP contribution is 2.35. The maximum Gasteiger partial charge on any atom is 0.206 e. The molecule has 132 valence electrons. The van der Waals surface area contributed by atoms with Gasteiger partial charge in [-0.05, 0) is 42.2 Å². The van der Waals surface area contributed by atoms with Crippen molar-refractivity contribution in [3.05, 3.63) is 54.1 Å². The van der Waals surface area contributed by atoms with Crippen molar-refractivity contribution in [2.24, 2.45) is 11.8 Å². The average Bonchev–Trinajstić information content (AvgIpc) is 2.61. The third-order valence-electron chi connectivity index (χ3n) is 4.92. The Hall–Kier alpha value is -2.14. The molecular formula is C20H22O4S. The summed E-state index contributed by atoms with van der Waals surface area (Å²) >= 11 is 0. The van der Waals surface area contributed by atoms with Crippen LogP contribution in [0.25, 0.3) is 0 Å². The fourth-order valence-corrected chi connectivity index (χ4v) is 4.25. The largest absolute Gasteiger partial charge is 0.489 e. The van der Waals surface area contributed by atoms with Gasteiger partial charge in [-0.3, -0.25) is 4.79 Å². The van der Waals surface area contributed by atoms with Crippen molar-refractivity contribution in [2.75, 3.05) is 0 Å². The van der Waals surface area contributed by atoms with Gasteiger partial charge in [0.25, 0.3) is 0 Å². The molecule has 0 aliphatic carbocycles. The van der Waals surface area contributed by atoms with Gasteiger partial charge in [-0.2, -0.15) is 0 Å². The highest BCUT2D eigenvalue weighted by Gasteiger charge is 2.32. The lowest BCUT2D eigenvalue weighted by Gasteiger charge is -2.31. The molecule has 3 rings (SSSR count). The van der Waals surface area contributed by atoms with Crippen LogP contribution in [0.15, 0.2) is 58.3 Å². The minimum atomic E-state index is -3.64. The van der Waals surface area contributed by atoms with Crippen molar-refractivity contribution in [1.82, 2.24) is 0 Å². The van der Waals surface area contributed by atoms with Crippen LogP contribution in [0.1, 0.15) is 37.6 Å². The van der Waals surface area contributed by atoms with E-state index in [9.17, 15) is 13.2 Å². The molecule has 0 saturated heterocycles. The number of sulfone groups is 1. The first kappa shape index (κ1) is 17.7. The molecule has 2 atom stereocenters. The molecule has 1 aliphatic heterocycles. The summed E-state index contributed by atoms with van der Waals surface area (Å²) in [6.45, 7) is 6.23. The Labute approximate surface area is 148 Å². The third kappa shape index (κ3) is 3.33. The van der Waals surface area contributed by atoms with Crippen molar-refractivity contribution < 1.29 is 17.9 Å². The number of ketones is 1. The quantitative estimate of drug-likeness (QED) is 0.824. The smallest absolute Gasteiger partial charge is 0.206 e. The van der Waals surface area contributed by atoms with Gasteiger partial charge < -0.3 is 4.74 Å². The number of benzene rings is 2. The highest BCUT2D eigenvalue weighted by atomic mass is 32.2. The van der Waals surface area contributed by atoms with E-state index < -0.39 is 9.84 Å². The van der Waals surface area contributed by atoms with E-state index in [1.54, 1.807) is 36.4 Å². The summed E-state index contributed by atoms with van der Waals surface area (Å²) in [6, 6.07) is 12.8. The van der Waals surface area contributed by atoms with Crippen LogP contribution in [-0.4, -0.2) is 20.3 Å². The summed E-state index contributed by atoms with van der Waals surface area (Å²) in [5, 5.41) is 0. The summed E-state index contributed by atoms with van der Waals surface area (Å²) in [5.74, 6) is 0.940. The summed E-state index contributed by atoms with van der Waals surface area (Å²) in [4.78, 5) is 12.8. The summed E-state index contributed by atoms with van der Waals surface area (Å²) in [7, 11) is -3.64. The van der Waals surface area contributed by atoms with Crippen molar-refractivity contribution >= 4 is 15.6 Å². The molecule has 0 fully saturated rings. The molecule has 0 radical (unpaired) electrons. The van der Waals surface area contributed by atoms with Crippen LogP contribution in [0.2, 0.25) is 0 Å². The van der Waals surface area contributed by atoms with Gasteiger partial charge in [0.2, 0.25) is 9.84 Å². The maximum atomic E-state index is 12.8. The van der Waals surface area contributed by atoms with Crippen LogP contribution in [0.5, 0.6) is 5.75 Å². The highest BCUT2D eigenvalue weighted by molar-refractivity contribution is 7.91. The fourth-order valence-electron chi connectivity index (χ4n) is 2.95. The second-order valence-corrected chi connectivity index (χ2v) is 8.81. The van der Waals surface area contributed by atoms with Crippen molar-refractivity contribution in [3.63, 3.8) is 0 Å². The average molecular weight is 358 g/mol. The first-order valence-electron chi connectivity index (χ1n) is 8.44. The van der Waals surface area contributed by atoms with E-state index in [2.05, 4.69) is 20.8 Å². The first-order valence-corrected chi connectivity index (χ1v) is 9.93. The predicted molar refractivity (Wildman–Crippen MR) is 95.7 cm³/mol. The van der Waals surface area contributed by atoms with Crippen molar-refractivity contribution in [3.8, 4) is 5.75 Å². The minimum absolute atomic E-state index is 0.00223. The molecule has 0 bridgehead atoms. The summed E-state index contributed by atoms with van der Waals surface area (Å²) < 4.78 is 31.6. The molecule has 0 aromatic heterocycles. The molecule has 0 amide bonds. The fraction of sp³-hybridized carbons (Fsp3) is 0.350. The van der Waals surface area contributed by atoms with Crippen LogP contribution < -0.4 is 4.74 Å². The maximum absolute atomic E-state index is 12.8. The summed E-state index contributed by atoms with van der Waals surface area (Å²) in [6.07, 6.45) is 0.103. The molecule has 5 heteroatoms. The molecular weight excluding hydrogens is 336 g/mol. The molecule has 0 N–H and O–H groups in total. The van der Waals surface area contributed by atoms with Crippen molar-refractivity contribution in [2.45, 2.75) is 43.1 Å². The van der Waals surface area contributed by atoms with Gasteiger partial charge in [-0.25, -0.2) is 8.42 Å². The van der Waals surface area contributed by atoms with E-state index in [1.807, 2.05) is 0 Å². The van der Waals surface area contributed by atoms with Crippen molar-refractivity contribution in [1.29, 1.82) is 0 Å². The Morgan fingerprint density at radius 1 is 1.00 bits per heavy atom. The Bertz CT molecular complexity index is 885. The topological polar surface area (TPSA) is 60.4 Å². The van der Waals surface area contributed by atoms with Gasteiger partial charge in [0.05, 0.1) is 15.4 Å². The number of rotatable bonds is 4. The van der Waals surface area contributed by atoms with E-state index in [0.29, 0.717) is 23.7 Å². The molecule has 2 aromatic carbocycles. The lowest BCUT2D eigenvalue weighted by Crippen LogP contribution is -2.34. The Balaban J connectivity index is 2.00. The van der Waals surface area contributed by atoms with Gasteiger partial charge >= 0.3 is 0 Å². The molecule has 25 heavy (non-hydrogen) atoms. The normalized spacial score (nSPS) is 18.6. The zero-order valence-electron chi connectivity index (χ0n) is 14.6. The van der Waals surface area contributed by atoms with E-state index in [-0.39, 0.29) is 27.6 Å². The van der Waals surface area contributed by atoms with E-state index in [4.69, 9.17) is 4.74 Å². The number of fused-ring (bicyclic) bond motifs is 1. The van der Waals surface area contributed by atoms with Crippen LogP contribution in [0.4, 0.5) is 0 Å². The molecule has 4 nitrogen and oxygen atoms in total.